The quantitative estimate of drug-likeness (QED) is 0.626. The molecule has 0 aliphatic carbocycles. The molecule has 0 radical (unpaired) electrons. The second-order valence-corrected chi connectivity index (χ2v) is 5.80. The predicted octanol–water partition coefficient (Wildman–Crippen LogP) is 2.78. The second kappa shape index (κ2) is 5.86. The van der Waals surface area contributed by atoms with Gasteiger partial charge >= 0.3 is 0 Å². The number of rotatable bonds is 3. The van der Waals surface area contributed by atoms with E-state index < -0.39 is 0 Å². The average molecular weight is 332 g/mol. The normalized spacial score (nSPS) is 11.0. The Morgan fingerprint density at radius 3 is 2.64 bits per heavy atom. The molecule has 0 atom stereocenters. The van der Waals surface area contributed by atoms with Crippen molar-refractivity contribution >= 4 is 17.1 Å². The number of benzene rings is 1. The average Bonchev–Trinajstić information content (AvgIpc) is 3.18. The number of aromatic nitrogens is 5. The molecule has 0 aliphatic rings. The van der Waals surface area contributed by atoms with Crippen LogP contribution in [0.3, 0.4) is 0 Å². The van der Waals surface area contributed by atoms with E-state index in [1.54, 1.807) is 23.1 Å². The van der Waals surface area contributed by atoms with E-state index in [0.717, 1.165) is 17.1 Å². The van der Waals surface area contributed by atoms with Crippen molar-refractivity contribution in [3.8, 4) is 5.69 Å². The fourth-order valence-corrected chi connectivity index (χ4v) is 2.78. The SMILES string of the molecule is Cc1cc(C)n(-c2ccc(NC(=O)c3cnn4ccncc34)cc2)n1. The fourth-order valence-electron chi connectivity index (χ4n) is 2.78. The van der Waals surface area contributed by atoms with E-state index >= 15 is 0 Å². The summed E-state index contributed by atoms with van der Waals surface area (Å²) >= 11 is 0. The molecule has 7 nitrogen and oxygen atoms in total. The van der Waals surface area contributed by atoms with Crippen molar-refractivity contribution in [3.05, 3.63) is 72.1 Å². The molecule has 4 rings (SSSR count). The maximum absolute atomic E-state index is 12.5. The molecule has 3 aromatic heterocycles. The molecule has 3 heterocycles. The zero-order valence-corrected chi connectivity index (χ0v) is 13.8. The van der Waals surface area contributed by atoms with Crippen LogP contribution >= 0.6 is 0 Å². The van der Waals surface area contributed by atoms with Gasteiger partial charge in [0.1, 0.15) is 0 Å². The Morgan fingerprint density at radius 2 is 1.92 bits per heavy atom. The van der Waals surface area contributed by atoms with Gasteiger partial charge in [0.05, 0.1) is 34.9 Å². The Morgan fingerprint density at radius 1 is 1.12 bits per heavy atom. The minimum atomic E-state index is -0.220. The molecular formula is C18H16N6O. The van der Waals surface area contributed by atoms with Gasteiger partial charge in [0.15, 0.2) is 0 Å². The molecule has 4 aromatic rings. The van der Waals surface area contributed by atoms with Crippen LogP contribution in [0.25, 0.3) is 11.2 Å². The predicted molar refractivity (Wildman–Crippen MR) is 94.0 cm³/mol. The molecule has 0 saturated heterocycles. The summed E-state index contributed by atoms with van der Waals surface area (Å²) < 4.78 is 3.49. The van der Waals surface area contributed by atoms with Gasteiger partial charge in [-0.15, -0.1) is 0 Å². The van der Waals surface area contributed by atoms with Gasteiger partial charge in [-0.05, 0) is 44.2 Å². The number of anilines is 1. The first kappa shape index (κ1) is 15.1. The molecule has 0 bridgehead atoms. The first-order valence-electron chi connectivity index (χ1n) is 7.84. The van der Waals surface area contributed by atoms with Crippen LogP contribution in [0.5, 0.6) is 0 Å². The monoisotopic (exact) mass is 332 g/mol. The maximum Gasteiger partial charge on any atom is 0.259 e. The highest BCUT2D eigenvalue weighted by atomic mass is 16.1. The lowest BCUT2D eigenvalue weighted by molar-refractivity contribution is 0.102. The third-order valence-corrected chi connectivity index (χ3v) is 3.95. The van der Waals surface area contributed by atoms with E-state index in [-0.39, 0.29) is 5.91 Å². The van der Waals surface area contributed by atoms with Crippen molar-refractivity contribution in [1.82, 2.24) is 24.4 Å². The van der Waals surface area contributed by atoms with Gasteiger partial charge in [0.25, 0.3) is 5.91 Å². The third kappa shape index (κ3) is 2.76. The molecular weight excluding hydrogens is 316 g/mol. The number of amides is 1. The van der Waals surface area contributed by atoms with Crippen molar-refractivity contribution < 1.29 is 4.79 Å². The summed E-state index contributed by atoms with van der Waals surface area (Å²) in [6.07, 6.45) is 6.49. The molecule has 0 aliphatic heterocycles. The van der Waals surface area contributed by atoms with Crippen molar-refractivity contribution in [2.24, 2.45) is 0 Å². The summed E-state index contributed by atoms with van der Waals surface area (Å²) in [5.74, 6) is -0.220. The summed E-state index contributed by atoms with van der Waals surface area (Å²) in [4.78, 5) is 16.5. The van der Waals surface area contributed by atoms with E-state index in [2.05, 4.69) is 20.5 Å². The Balaban J connectivity index is 1.57. The van der Waals surface area contributed by atoms with E-state index in [1.807, 2.05) is 48.9 Å². The molecule has 1 N–H and O–H groups in total. The Bertz CT molecular complexity index is 1060. The van der Waals surface area contributed by atoms with Crippen LogP contribution in [0.1, 0.15) is 21.7 Å². The van der Waals surface area contributed by atoms with Crippen molar-refractivity contribution in [3.63, 3.8) is 0 Å². The summed E-state index contributed by atoms with van der Waals surface area (Å²) in [6.45, 7) is 3.97. The summed E-state index contributed by atoms with van der Waals surface area (Å²) in [7, 11) is 0. The van der Waals surface area contributed by atoms with Crippen LogP contribution < -0.4 is 5.32 Å². The number of fused-ring (bicyclic) bond motifs is 1. The molecule has 0 spiro atoms. The maximum atomic E-state index is 12.5. The number of carbonyl (C=O) groups is 1. The minimum Gasteiger partial charge on any atom is -0.322 e. The molecule has 0 fully saturated rings. The van der Waals surface area contributed by atoms with Gasteiger partial charge in [0, 0.05) is 23.8 Å². The van der Waals surface area contributed by atoms with Gasteiger partial charge in [-0.2, -0.15) is 10.2 Å². The first-order valence-corrected chi connectivity index (χ1v) is 7.84. The molecule has 1 aromatic carbocycles. The van der Waals surface area contributed by atoms with Crippen LogP contribution in [0.2, 0.25) is 0 Å². The summed E-state index contributed by atoms with van der Waals surface area (Å²) in [6, 6.07) is 9.58. The van der Waals surface area contributed by atoms with Crippen molar-refractivity contribution in [1.29, 1.82) is 0 Å². The Hall–Kier alpha value is -3.48. The molecule has 1 amide bonds. The lowest BCUT2D eigenvalue weighted by Crippen LogP contribution is -2.11. The summed E-state index contributed by atoms with van der Waals surface area (Å²) in [5.41, 5.74) is 4.84. The molecule has 7 heteroatoms. The van der Waals surface area contributed by atoms with Crippen LogP contribution in [-0.4, -0.2) is 30.3 Å². The standard InChI is InChI=1S/C18H16N6O/c1-12-9-13(2)24(22-12)15-5-3-14(4-6-15)21-18(25)16-10-20-23-8-7-19-11-17(16)23/h3-11H,1-2H3,(H,21,25). The number of aryl methyl sites for hydroxylation is 2. The van der Waals surface area contributed by atoms with Crippen LogP contribution in [-0.2, 0) is 0 Å². The minimum absolute atomic E-state index is 0.220. The number of hydrogen-bond donors (Lipinski definition) is 1. The zero-order chi connectivity index (χ0) is 17.4. The molecule has 25 heavy (non-hydrogen) atoms. The smallest absolute Gasteiger partial charge is 0.259 e. The lowest BCUT2D eigenvalue weighted by Gasteiger charge is -2.07. The van der Waals surface area contributed by atoms with Crippen LogP contribution in [0.15, 0.2) is 55.1 Å². The second-order valence-electron chi connectivity index (χ2n) is 5.80. The number of nitrogens with zero attached hydrogens (tertiary/aromatic N) is 5. The topological polar surface area (TPSA) is 77.1 Å². The highest BCUT2D eigenvalue weighted by Gasteiger charge is 2.13. The van der Waals surface area contributed by atoms with E-state index in [0.29, 0.717) is 16.8 Å². The first-order chi connectivity index (χ1) is 12.1. The number of carbonyl (C=O) groups excluding carboxylic acids is 1. The van der Waals surface area contributed by atoms with E-state index in [1.165, 1.54) is 6.20 Å². The van der Waals surface area contributed by atoms with Crippen molar-refractivity contribution in [2.75, 3.05) is 5.32 Å². The Labute approximate surface area is 143 Å². The van der Waals surface area contributed by atoms with Gasteiger partial charge in [-0.1, -0.05) is 0 Å². The fraction of sp³-hybridized carbons (Fsp3) is 0.111. The zero-order valence-electron chi connectivity index (χ0n) is 13.8. The molecule has 124 valence electrons. The number of hydrogen-bond acceptors (Lipinski definition) is 4. The highest BCUT2D eigenvalue weighted by Crippen LogP contribution is 2.17. The Kier molecular flexibility index (Phi) is 3.53. The highest BCUT2D eigenvalue weighted by molar-refractivity contribution is 6.08. The lowest BCUT2D eigenvalue weighted by atomic mass is 10.2. The van der Waals surface area contributed by atoms with Gasteiger partial charge in [-0.25, -0.2) is 9.20 Å². The van der Waals surface area contributed by atoms with Crippen LogP contribution in [0.4, 0.5) is 5.69 Å². The van der Waals surface area contributed by atoms with Gasteiger partial charge in [0.2, 0.25) is 0 Å². The van der Waals surface area contributed by atoms with Gasteiger partial charge in [-0.3, -0.25) is 9.78 Å². The van der Waals surface area contributed by atoms with Gasteiger partial charge < -0.3 is 5.32 Å². The third-order valence-electron chi connectivity index (χ3n) is 3.95. The van der Waals surface area contributed by atoms with E-state index in [9.17, 15) is 4.79 Å². The molecule has 0 saturated carbocycles. The summed E-state index contributed by atoms with van der Waals surface area (Å²) in [5, 5.41) is 11.5. The van der Waals surface area contributed by atoms with E-state index in [4.69, 9.17) is 0 Å². The van der Waals surface area contributed by atoms with Crippen molar-refractivity contribution in [2.45, 2.75) is 13.8 Å². The number of nitrogens with one attached hydrogen (secondary N) is 1. The van der Waals surface area contributed by atoms with Crippen LogP contribution in [0, 0.1) is 13.8 Å². The largest absolute Gasteiger partial charge is 0.322 e. The molecule has 0 unspecified atom stereocenters.